The molecule has 2 aromatic rings. The second-order valence-electron chi connectivity index (χ2n) is 6.44. The van der Waals surface area contributed by atoms with Crippen molar-refractivity contribution in [1.82, 2.24) is 10.2 Å². The maximum absolute atomic E-state index is 12.8. The molecule has 0 saturated carbocycles. The maximum atomic E-state index is 12.8. The molecule has 3 rings (SSSR count). The number of hydrogen-bond donors (Lipinski definition) is 1. The average Bonchev–Trinajstić information content (AvgIpc) is 2.73. The predicted octanol–water partition coefficient (Wildman–Crippen LogP) is 2.74. The highest BCUT2D eigenvalue weighted by molar-refractivity contribution is 5.98. The summed E-state index contributed by atoms with van der Waals surface area (Å²) in [5.74, 6) is 0.941. The van der Waals surface area contributed by atoms with Crippen molar-refractivity contribution in [1.29, 1.82) is 0 Å². The van der Waals surface area contributed by atoms with Crippen LogP contribution in [0.2, 0.25) is 0 Å². The summed E-state index contributed by atoms with van der Waals surface area (Å²) in [5, 5.41) is 3.05. The Labute approximate surface area is 159 Å². The molecular weight excluding hydrogens is 344 g/mol. The molecule has 6 nitrogen and oxygen atoms in total. The number of rotatable bonds is 5. The van der Waals surface area contributed by atoms with Crippen LogP contribution in [0, 0.1) is 0 Å². The minimum absolute atomic E-state index is 0.0316. The molecule has 2 amide bonds. The van der Waals surface area contributed by atoms with Crippen molar-refractivity contribution < 1.29 is 19.1 Å². The van der Waals surface area contributed by atoms with E-state index in [4.69, 9.17) is 9.47 Å². The number of ether oxygens (including phenoxy) is 2. The van der Waals surface area contributed by atoms with E-state index in [-0.39, 0.29) is 17.9 Å². The Kier molecular flexibility index (Phi) is 5.96. The van der Waals surface area contributed by atoms with Gasteiger partial charge in [-0.1, -0.05) is 24.3 Å². The molecule has 1 fully saturated rings. The molecule has 1 saturated heterocycles. The van der Waals surface area contributed by atoms with Crippen LogP contribution in [0.25, 0.3) is 0 Å². The fourth-order valence-corrected chi connectivity index (χ4v) is 3.31. The van der Waals surface area contributed by atoms with Gasteiger partial charge in [0.25, 0.3) is 11.8 Å². The third-order valence-electron chi connectivity index (χ3n) is 4.81. The lowest BCUT2D eigenvalue weighted by atomic mass is 10.0. The molecule has 1 N–H and O–H groups in total. The molecule has 0 bridgehead atoms. The van der Waals surface area contributed by atoms with Gasteiger partial charge in [0.1, 0.15) is 11.5 Å². The van der Waals surface area contributed by atoms with Crippen LogP contribution in [0.15, 0.2) is 48.5 Å². The number of nitrogens with one attached hydrogen (secondary N) is 1. The van der Waals surface area contributed by atoms with E-state index < -0.39 is 0 Å². The summed E-state index contributed by atoms with van der Waals surface area (Å²) < 4.78 is 10.5. The molecule has 0 spiro atoms. The number of benzene rings is 2. The molecule has 6 heteroatoms. The second-order valence-corrected chi connectivity index (χ2v) is 6.44. The van der Waals surface area contributed by atoms with Gasteiger partial charge in [-0.25, -0.2) is 0 Å². The molecule has 1 aliphatic rings. The lowest BCUT2D eigenvalue weighted by Gasteiger charge is -2.32. The van der Waals surface area contributed by atoms with Gasteiger partial charge in [0.05, 0.1) is 25.3 Å². The monoisotopic (exact) mass is 368 g/mol. The first kappa shape index (κ1) is 18.8. The Morgan fingerprint density at radius 1 is 0.889 bits per heavy atom. The molecule has 27 heavy (non-hydrogen) atoms. The maximum Gasteiger partial charge on any atom is 0.257 e. The molecule has 0 atom stereocenters. The largest absolute Gasteiger partial charge is 0.496 e. The van der Waals surface area contributed by atoms with Crippen molar-refractivity contribution in [3.8, 4) is 11.5 Å². The second kappa shape index (κ2) is 8.58. The van der Waals surface area contributed by atoms with Gasteiger partial charge in [-0.15, -0.1) is 0 Å². The van der Waals surface area contributed by atoms with E-state index in [0.717, 1.165) is 0 Å². The van der Waals surface area contributed by atoms with Gasteiger partial charge in [-0.2, -0.15) is 0 Å². The minimum Gasteiger partial charge on any atom is -0.496 e. The number of hydrogen-bond acceptors (Lipinski definition) is 4. The minimum atomic E-state index is -0.151. The van der Waals surface area contributed by atoms with Crippen molar-refractivity contribution in [2.24, 2.45) is 0 Å². The first-order chi connectivity index (χ1) is 13.1. The smallest absolute Gasteiger partial charge is 0.257 e. The van der Waals surface area contributed by atoms with Gasteiger partial charge in [0.15, 0.2) is 0 Å². The van der Waals surface area contributed by atoms with E-state index in [1.807, 2.05) is 29.2 Å². The molecule has 142 valence electrons. The van der Waals surface area contributed by atoms with Crippen LogP contribution in [0.5, 0.6) is 11.5 Å². The summed E-state index contributed by atoms with van der Waals surface area (Å²) >= 11 is 0. The Hall–Kier alpha value is -3.02. The standard InChI is InChI=1S/C21H24N2O4/c1-26-18-9-5-3-7-16(18)20(24)22-15-11-13-23(14-12-15)21(25)17-8-4-6-10-19(17)27-2/h3-10,15H,11-14H2,1-2H3,(H,22,24). The molecule has 0 radical (unpaired) electrons. The Balaban J connectivity index is 1.59. The summed E-state index contributed by atoms with van der Waals surface area (Å²) in [6, 6.07) is 14.4. The van der Waals surface area contributed by atoms with Gasteiger partial charge < -0.3 is 19.7 Å². The van der Waals surface area contributed by atoms with Crippen molar-refractivity contribution >= 4 is 11.8 Å². The zero-order valence-corrected chi connectivity index (χ0v) is 15.6. The molecule has 0 aromatic heterocycles. The first-order valence-electron chi connectivity index (χ1n) is 9.00. The van der Waals surface area contributed by atoms with E-state index in [1.54, 1.807) is 38.5 Å². The third kappa shape index (κ3) is 4.22. The topological polar surface area (TPSA) is 67.9 Å². The quantitative estimate of drug-likeness (QED) is 0.881. The Morgan fingerprint density at radius 3 is 2.00 bits per heavy atom. The third-order valence-corrected chi connectivity index (χ3v) is 4.81. The van der Waals surface area contributed by atoms with Crippen molar-refractivity contribution in [3.63, 3.8) is 0 Å². The SMILES string of the molecule is COc1ccccc1C(=O)NC1CCN(C(=O)c2ccccc2OC)CC1. The Bertz CT molecular complexity index is 813. The summed E-state index contributed by atoms with van der Waals surface area (Å²) in [7, 11) is 3.11. The van der Waals surface area contributed by atoms with Crippen LogP contribution in [-0.2, 0) is 0 Å². The highest BCUT2D eigenvalue weighted by Crippen LogP contribution is 2.22. The van der Waals surface area contributed by atoms with Crippen LogP contribution in [0.1, 0.15) is 33.6 Å². The number of para-hydroxylation sites is 2. The number of carbonyl (C=O) groups is 2. The number of carbonyl (C=O) groups excluding carboxylic acids is 2. The molecule has 0 unspecified atom stereocenters. The van der Waals surface area contributed by atoms with E-state index in [2.05, 4.69) is 5.32 Å². The fourth-order valence-electron chi connectivity index (χ4n) is 3.31. The number of piperidine rings is 1. The normalized spacial score (nSPS) is 14.5. The summed E-state index contributed by atoms with van der Waals surface area (Å²) in [6.07, 6.45) is 1.42. The lowest BCUT2D eigenvalue weighted by molar-refractivity contribution is 0.0695. The van der Waals surface area contributed by atoms with Crippen LogP contribution >= 0.6 is 0 Å². The number of nitrogens with zero attached hydrogens (tertiary/aromatic N) is 1. The first-order valence-corrected chi connectivity index (χ1v) is 9.00. The van der Waals surface area contributed by atoms with Crippen LogP contribution in [0.3, 0.4) is 0 Å². The highest BCUT2D eigenvalue weighted by Gasteiger charge is 2.26. The van der Waals surface area contributed by atoms with Gasteiger partial charge in [-0.3, -0.25) is 9.59 Å². The fraction of sp³-hybridized carbons (Fsp3) is 0.333. The van der Waals surface area contributed by atoms with Gasteiger partial charge in [0, 0.05) is 19.1 Å². The molecular formula is C21H24N2O4. The summed E-state index contributed by atoms with van der Waals surface area (Å²) in [4.78, 5) is 27.1. The summed E-state index contributed by atoms with van der Waals surface area (Å²) in [6.45, 7) is 1.18. The van der Waals surface area contributed by atoms with E-state index in [0.29, 0.717) is 48.6 Å². The van der Waals surface area contributed by atoms with Crippen molar-refractivity contribution in [2.45, 2.75) is 18.9 Å². The van der Waals surface area contributed by atoms with Gasteiger partial charge in [-0.05, 0) is 37.1 Å². The number of amides is 2. The molecule has 1 aliphatic heterocycles. The molecule has 0 aliphatic carbocycles. The predicted molar refractivity (Wildman–Crippen MR) is 102 cm³/mol. The van der Waals surface area contributed by atoms with E-state index >= 15 is 0 Å². The average molecular weight is 368 g/mol. The van der Waals surface area contributed by atoms with Crippen LogP contribution in [0.4, 0.5) is 0 Å². The molecule has 2 aromatic carbocycles. The number of likely N-dealkylation sites (tertiary alicyclic amines) is 1. The van der Waals surface area contributed by atoms with Crippen LogP contribution in [-0.4, -0.2) is 50.1 Å². The van der Waals surface area contributed by atoms with Crippen molar-refractivity contribution in [2.75, 3.05) is 27.3 Å². The van der Waals surface area contributed by atoms with E-state index in [9.17, 15) is 9.59 Å². The Morgan fingerprint density at radius 2 is 1.41 bits per heavy atom. The van der Waals surface area contributed by atoms with Crippen LogP contribution < -0.4 is 14.8 Å². The van der Waals surface area contributed by atoms with Gasteiger partial charge >= 0.3 is 0 Å². The summed E-state index contributed by atoms with van der Waals surface area (Å²) in [5.41, 5.74) is 1.09. The highest BCUT2D eigenvalue weighted by atomic mass is 16.5. The molecule has 1 heterocycles. The van der Waals surface area contributed by atoms with E-state index in [1.165, 1.54) is 0 Å². The van der Waals surface area contributed by atoms with Gasteiger partial charge in [0.2, 0.25) is 0 Å². The zero-order valence-electron chi connectivity index (χ0n) is 15.6. The number of methoxy groups -OCH3 is 2. The lowest BCUT2D eigenvalue weighted by Crippen LogP contribution is -2.46. The van der Waals surface area contributed by atoms with Crippen molar-refractivity contribution in [3.05, 3.63) is 59.7 Å². The zero-order chi connectivity index (χ0) is 19.2.